The van der Waals surface area contributed by atoms with E-state index in [0.29, 0.717) is 49.7 Å². The molecular weight excluding hydrogens is 242 g/mol. The summed E-state index contributed by atoms with van der Waals surface area (Å²) < 4.78 is 10.5. The highest BCUT2D eigenvalue weighted by atomic mass is 16.5. The predicted molar refractivity (Wildman–Crippen MR) is 77.2 cm³/mol. The Labute approximate surface area is 117 Å². The fraction of sp³-hybridized carbons (Fsp3) is 1.00. The lowest BCUT2D eigenvalue weighted by Crippen LogP contribution is -2.32. The smallest absolute Gasteiger partial charge is 0.0897 e. The van der Waals surface area contributed by atoms with Gasteiger partial charge in [0, 0.05) is 13.2 Å². The minimum atomic E-state index is -0.438. The van der Waals surface area contributed by atoms with E-state index in [1.807, 2.05) is 6.92 Å². The Kier molecular flexibility index (Phi) is 6.24. The molecule has 1 unspecified atom stereocenters. The molecule has 0 spiro atoms. The van der Waals surface area contributed by atoms with Crippen LogP contribution in [0.5, 0.6) is 0 Å². The summed E-state index contributed by atoms with van der Waals surface area (Å²) in [6.45, 7) is 15.0. The van der Waals surface area contributed by atoms with Gasteiger partial charge in [0.25, 0.3) is 0 Å². The van der Waals surface area contributed by atoms with E-state index in [9.17, 15) is 5.11 Å². The molecule has 0 aromatic rings. The zero-order valence-corrected chi connectivity index (χ0v) is 13.2. The van der Waals surface area contributed by atoms with Gasteiger partial charge in [0.2, 0.25) is 0 Å². The summed E-state index contributed by atoms with van der Waals surface area (Å²) in [6.07, 6.45) is -0.438. The summed E-state index contributed by atoms with van der Waals surface area (Å²) in [5.74, 6) is 0.686. The molecule has 0 aromatic heterocycles. The molecule has 1 fully saturated rings. The van der Waals surface area contributed by atoms with Crippen LogP contribution in [0.3, 0.4) is 0 Å². The number of hydrogen-bond donors (Lipinski definition) is 2. The van der Waals surface area contributed by atoms with Crippen molar-refractivity contribution in [3.63, 3.8) is 0 Å². The number of hydrogen-bond acceptors (Lipinski definition) is 4. The first-order valence-corrected chi connectivity index (χ1v) is 7.38. The highest BCUT2D eigenvalue weighted by Gasteiger charge is 2.63. The average Bonchev–Trinajstić information content (AvgIpc) is 2.71. The van der Waals surface area contributed by atoms with Crippen molar-refractivity contribution in [1.29, 1.82) is 0 Å². The lowest BCUT2D eigenvalue weighted by Gasteiger charge is -2.13. The number of aliphatic hydroxyl groups is 1. The molecule has 0 aliphatic heterocycles. The third-order valence-electron chi connectivity index (χ3n) is 4.93. The summed E-state index contributed by atoms with van der Waals surface area (Å²) in [5.41, 5.74) is 0.803. The van der Waals surface area contributed by atoms with E-state index in [0.717, 1.165) is 6.54 Å². The topological polar surface area (TPSA) is 50.7 Å². The monoisotopic (exact) mass is 273 g/mol. The fourth-order valence-corrected chi connectivity index (χ4v) is 2.78. The number of aliphatic hydroxyl groups excluding tert-OH is 1. The van der Waals surface area contributed by atoms with Crippen LogP contribution in [0.4, 0.5) is 0 Å². The first-order chi connectivity index (χ1) is 8.84. The summed E-state index contributed by atoms with van der Waals surface area (Å²) >= 11 is 0. The van der Waals surface area contributed by atoms with Crippen LogP contribution in [0.25, 0.3) is 0 Å². The van der Waals surface area contributed by atoms with Crippen molar-refractivity contribution in [1.82, 2.24) is 5.32 Å². The van der Waals surface area contributed by atoms with E-state index in [1.54, 1.807) is 0 Å². The van der Waals surface area contributed by atoms with Crippen molar-refractivity contribution in [2.24, 2.45) is 16.7 Å². The third-order valence-corrected chi connectivity index (χ3v) is 4.93. The molecule has 2 N–H and O–H groups in total. The Hall–Kier alpha value is -0.160. The van der Waals surface area contributed by atoms with Gasteiger partial charge in [0.05, 0.1) is 25.9 Å². The Bertz CT molecular complexity index is 252. The Balaban J connectivity index is 2.01. The summed E-state index contributed by atoms with van der Waals surface area (Å²) in [4.78, 5) is 0. The van der Waals surface area contributed by atoms with E-state index in [-0.39, 0.29) is 0 Å². The first kappa shape index (κ1) is 16.9. The lowest BCUT2D eigenvalue weighted by atomic mass is 10.0. The normalized spacial score (nSPS) is 22.4. The van der Waals surface area contributed by atoms with Crippen LogP contribution < -0.4 is 5.32 Å². The van der Waals surface area contributed by atoms with Gasteiger partial charge in [-0.3, -0.25) is 0 Å². The molecule has 0 aromatic carbocycles. The number of ether oxygens (including phenoxy) is 2. The molecular formula is C15H31NO3. The summed E-state index contributed by atoms with van der Waals surface area (Å²) in [7, 11) is 0. The van der Waals surface area contributed by atoms with Crippen LogP contribution in [0.15, 0.2) is 0 Å². The van der Waals surface area contributed by atoms with E-state index in [1.165, 1.54) is 0 Å². The molecule has 0 radical (unpaired) electrons. The van der Waals surface area contributed by atoms with Crippen molar-refractivity contribution in [2.75, 3.05) is 39.5 Å². The van der Waals surface area contributed by atoms with Gasteiger partial charge < -0.3 is 19.9 Å². The molecule has 0 amide bonds. The molecule has 114 valence electrons. The van der Waals surface area contributed by atoms with Crippen LogP contribution in [0, 0.1) is 16.7 Å². The molecule has 1 saturated carbocycles. The quantitative estimate of drug-likeness (QED) is 0.595. The van der Waals surface area contributed by atoms with Gasteiger partial charge in [-0.25, -0.2) is 0 Å². The highest BCUT2D eigenvalue weighted by molar-refractivity contribution is 5.12. The Morgan fingerprint density at radius 3 is 2.21 bits per heavy atom. The van der Waals surface area contributed by atoms with Gasteiger partial charge in [-0.2, -0.15) is 0 Å². The Morgan fingerprint density at radius 2 is 1.68 bits per heavy atom. The average molecular weight is 273 g/mol. The second kappa shape index (κ2) is 7.02. The minimum absolute atomic E-state index is 0.373. The van der Waals surface area contributed by atoms with Crippen molar-refractivity contribution in [3.8, 4) is 0 Å². The predicted octanol–water partition coefficient (Wildman–Crippen LogP) is 1.67. The van der Waals surface area contributed by atoms with Gasteiger partial charge >= 0.3 is 0 Å². The van der Waals surface area contributed by atoms with E-state index in [2.05, 4.69) is 33.0 Å². The molecule has 4 heteroatoms. The third kappa shape index (κ3) is 4.42. The summed E-state index contributed by atoms with van der Waals surface area (Å²) in [5, 5.41) is 13.1. The molecule has 1 atom stereocenters. The number of nitrogens with one attached hydrogen (secondary N) is 1. The van der Waals surface area contributed by atoms with Crippen LogP contribution in [0.1, 0.15) is 34.6 Å². The van der Waals surface area contributed by atoms with Crippen LogP contribution in [-0.4, -0.2) is 50.7 Å². The van der Waals surface area contributed by atoms with Gasteiger partial charge in [-0.15, -0.1) is 0 Å². The van der Waals surface area contributed by atoms with Crippen molar-refractivity contribution in [3.05, 3.63) is 0 Å². The van der Waals surface area contributed by atoms with E-state index < -0.39 is 6.10 Å². The largest absolute Gasteiger partial charge is 0.389 e. The maximum Gasteiger partial charge on any atom is 0.0897 e. The lowest BCUT2D eigenvalue weighted by molar-refractivity contribution is 0.00641. The molecule has 1 aliphatic rings. The van der Waals surface area contributed by atoms with Crippen LogP contribution in [-0.2, 0) is 9.47 Å². The van der Waals surface area contributed by atoms with Gasteiger partial charge in [0.15, 0.2) is 0 Å². The number of rotatable bonds is 10. The minimum Gasteiger partial charge on any atom is -0.389 e. The van der Waals surface area contributed by atoms with Gasteiger partial charge in [0.1, 0.15) is 0 Å². The molecule has 1 rings (SSSR count). The maximum absolute atomic E-state index is 9.77. The molecule has 0 heterocycles. The van der Waals surface area contributed by atoms with Crippen molar-refractivity contribution < 1.29 is 14.6 Å². The second-order valence-electron chi connectivity index (χ2n) is 6.58. The van der Waals surface area contributed by atoms with Crippen molar-refractivity contribution >= 4 is 0 Å². The molecule has 19 heavy (non-hydrogen) atoms. The molecule has 1 aliphatic carbocycles. The SMILES string of the molecule is CCOCCOCC(O)CNCC1C(C)(C)C1(C)C. The zero-order chi connectivity index (χ0) is 14.5. The van der Waals surface area contributed by atoms with E-state index >= 15 is 0 Å². The fourth-order valence-electron chi connectivity index (χ4n) is 2.78. The standard InChI is InChI=1S/C15H31NO3/c1-6-18-7-8-19-11-12(17)9-16-10-13-14(2,3)15(13,4)5/h12-13,16-17H,6-11H2,1-5H3. The van der Waals surface area contributed by atoms with E-state index in [4.69, 9.17) is 9.47 Å². The molecule has 0 bridgehead atoms. The van der Waals surface area contributed by atoms with Crippen LogP contribution >= 0.6 is 0 Å². The zero-order valence-electron chi connectivity index (χ0n) is 13.2. The van der Waals surface area contributed by atoms with Crippen molar-refractivity contribution in [2.45, 2.75) is 40.7 Å². The summed E-state index contributed by atoms with van der Waals surface area (Å²) in [6, 6.07) is 0. The van der Waals surface area contributed by atoms with Gasteiger partial charge in [-0.1, -0.05) is 27.7 Å². The maximum atomic E-state index is 9.77. The highest BCUT2D eigenvalue weighted by Crippen LogP contribution is 2.67. The second-order valence-corrected chi connectivity index (χ2v) is 6.58. The van der Waals surface area contributed by atoms with Gasteiger partial charge in [-0.05, 0) is 30.2 Å². The molecule has 4 nitrogen and oxygen atoms in total. The van der Waals surface area contributed by atoms with Crippen LogP contribution in [0.2, 0.25) is 0 Å². The first-order valence-electron chi connectivity index (χ1n) is 7.38. The Morgan fingerprint density at radius 1 is 1.11 bits per heavy atom. The molecule has 0 saturated heterocycles.